The van der Waals surface area contributed by atoms with Gasteiger partial charge in [0.25, 0.3) is 0 Å². The average molecular weight is 407 g/mol. The lowest BCUT2D eigenvalue weighted by Crippen LogP contribution is -2.11. The number of rotatable bonds is 1. The fourth-order valence-corrected chi connectivity index (χ4v) is 3.67. The molecule has 150 valence electrons. The minimum Gasteiger partial charge on any atom is -0.309 e. The molecule has 1 N–H and O–H groups in total. The number of nitrogens with one attached hydrogen (secondary N) is 1. The minimum absolute atomic E-state index is 0.110. The van der Waals surface area contributed by atoms with E-state index in [0.29, 0.717) is 24.2 Å². The van der Waals surface area contributed by atoms with Gasteiger partial charge in [-0.3, -0.25) is 0 Å². The molecule has 0 saturated heterocycles. The van der Waals surface area contributed by atoms with Crippen LogP contribution in [0, 0.1) is 0 Å². The molecule has 0 atom stereocenters. The first-order valence-corrected chi connectivity index (χ1v) is 8.85. The van der Waals surface area contributed by atoms with Gasteiger partial charge in [-0.05, 0) is 51.6 Å². The van der Waals surface area contributed by atoms with E-state index in [0.717, 1.165) is 28.8 Å². The summed E-state index contributed by atoms with van der Waals surface area (Å²) < 4.78 is 79.9. The van der Waals surface area contributed by atoms with Crippen LogP contribution in [0.25, 0.3) is 22.3 Å². The zero-order valence-corrected chi connectivity index (χ0v) is 15.0. The van der Waals surface area contributed by atoms with E-state index in [9.17, 15) is 26.3 Å². The standard InChI is InChI=1S/C22H15F6N/c23-21(24,25)16-8-15(9-17(10-16)22(26,27)28)19-7-3-5-14-12-29-11-13-4-1-2-6-18(13)20(14)19/h1-10,29H,11-12H2. The van der Waals surface area contributed by atoms with E-state index in [2.05, 4.69) is 5.32 Å². The van der Waals surface area contributed by atoms with E-state index in [1.165, 1.54) is 0 Å². The smallest absolute Gasteiger partial charge is 0.309 e. The lowest BCUT2D eigenvalue weighted by Gasteiger charge is -2.18. The van der Waals surface area contributed by atoms with Crippen LogP contribution in [0.4, 0.5) is 26.3 Å². The highest BCUT2D eigenvalue weighted by molar-refractivity contribution is 5.88. The molecule has 0 aliphatic carbocycles. The number of halogens is 6. The predicted molar refractivity (Wildman–Crippen MR) is 97.9 cm³/mol. The van der Waals surface area contributed by atoms with Crippen molar-refractivity contribution in [2.75, 3.05) is 0 Å². The third-order valence-corrected chi connectivity index (χ3v) is 4.97. The Labute approximate surface area is 163 Å². The van der Waals surface area contributed by atoms with Crippen LogP contribution in [-0.2, 0) is 25.4 Å². The summed E-state index contributed by atoms with van der Waals surface area (Å²) in [6.45, 7) is 1.02. The molecule has 0 amide bonds. The van der Waals surface area contributed by atoms with E-state index >= 15 is 0 Å². The molecule has 0 spiro atoms. The van der Waals surface area contributed by atoms with Crippen LogP contribution in [0.15, 0.2) is 60.7 Å². The van der Waals surface area contributed by atoms with Crippen molar-refractivity contribution in [3.63, 3.8) is 0 Å². The molecule has 1 heterocycles. The molecule has 0 unspecified atom stereocenters. The summed E-state index contributed by atoms with van der Waals surface area (Å²) in [6, 6.07) is 14.1. The molecule has 0 radical (unpaired) electrons. The lowest BCUT2D eigenvalue weighted by molar-refractivity contribution is -0.143. The monoisotopic (exact) mass is 407 g/mol. The van der Waals surface area contributed by atoms with Crippen molar-refractivity contribution < 1.29 is 26.3 Å². The maximum atomic E-state index is 13.3. The van der Waals surface area contributed by atoms with Gasteiger partial charge in [0.15, 0.2) is 0 Å². The molecule has 1 aliphatic heterocycles. The molecule has 1 nitrogen and oxygen atoms in total. The van der Waals surface area contributed by atoms with Crippen molar-refractivity contribution in [3.8, 4) is 22.3 Å². The van der Waals surface area contributed by atoms with Crippen molar-refractivity contribution in [2.45, 2.75) is 25.4 Å². The van der Waals surface area contributed by atoms with Crippen LogP contribution < -0.4 is 5.32 Å². The third kappa shape index (κ3) is 3.74. The van der Waals surface area contributed by atoms with Crippen molar-refractivity contribution >= 4 is 0 Å². The molecule has 0 aromatic heterocycles. The fraction of sp³-hybridized carbons (Fsp3) is 0.182. The number of hydrogen-bond acceptors (Lipinski definition) is 1. The van der Waals surface area contributed by atoms with E-state index in [1.807, 2.05) is 24.3 Å². The van der Waals surface area contributed by atoms with Crippen LogP contribution >= 0.6 is 0 Å². The molecule has 4 rings (SSSR count). The van der Waals surface area contributed by atoms with Gasteiger partial charge >= 0.3 is 12.4 Å². The Bertz CT molecular complexity index is 1030. The third-order valence-electron chi connectivity index (χ3n) is 4.97. The quantitative estimate of drug-likeness (QED) is 0.445. The summed E-state index contributed by atoms with van der Waals surface area (Å²) in [5.41, 5.74) is 0.797. The summed E-state index contributed by atoms with van der Waals surface area (Å²) in [5, 5.41) is 3.25. The average Bonchev–Trinajstić information content (AvgIpc) is 2.85. The first kappa shape index (κ1) is 19.5. The minimum atomic E-state index is -4.89. The Morgan fingerprint density at radius 1 is 0.621 bits per heavy atom. The van der Waals surface area contributed by atoms with Gasteiger partial charge in [0.2, 0.25) is 0 Å². The highest BCUT2D eigenvalue weighted by Crippen LogP contribution is 2.43. The van der Waals surface area contributed by atoms with Crippen LogP contribution in [0.2, 0.25) is 0 Å². The predicted octanol–water partition coefficient (Wildman–Crippen LogP) is 6.66. The highest BCUT2D eigenvalue weighted by Gasteiger charge is 2.37. The summed E-state index contributed by atoms with van der Waals surface area (Å²) >= 11 is 0. The molecule has 29 heavy (non-hydrogen) atoms. The van der Waals surface area contributed by atoms with Gasteiger partial charge in [-0.15, -0.1) is 0 Å². The molecule has 1 aliphatic rings. The maximum absolute atomic E-state index is 13.3. The van der Waals surface area contributed by atoms with Gasteiger partial charge in [-0.2, -0.15) is 26.3 Å². The molecule has 0 fully saturated rings. The zero-order chi connectivity index (χ0) is 20.8. The van der Waals surface area contributed by atoms with Crippen LogP contribution in [-0.4, -0.2) is 0 Å². The Morgan fingerprint density at radius 3 is 1.83 bits per heavy atom. The van der Waals surface area contributed by atoms with Gasteiger partial charge in [-0.1, -0.05) is 42.5 Å². The van der Waals surface area contributed by atoms with Crippen molar-refractivity contribution in [2.24, 2.45) is 0 Å². The first-order valence-electron chi connectivity index (χ1n) is 8.85. The van der Waals surface area contributed by atoms with Crippen molar-refractivity contribution in [1.29, 1.82) is 0 Å². The maximum Gasteiger partial charge on any atom is 0.416 e. The second kappa shape index (κ2) is 6.91. The Kier molecular flexibility index (Phi) is 4.65. The van der Waals surface area contributed by atoms with Crippen molar-refractivity contribution in [1.82, 2.24) is 5.32 Å². The Balaban J connectivity index is 2.01. The summed E-state index contributed by atoms with van der Waals surface area (Å²) in [6.07, 6.45) is -9.78. The van der Waals surface area contributed by atoms with E-state index in [-0.39, 0.29) is 11.6 Å². The summed E-state index contributed by atoms with van der Waals surface area (Å²) in [5.74, 6) is 0. The number of alkyl halides is 6. The Hall–Kier alpha value is -2.80. The second-order valence-corrected chi connectivity index (χ2v) is 6.89. The van der Waals surface area contributed by atoms with Crippen molar-refractivity contribution in [3.05, 3.63) is 82.9 Å². The Morgan fingerprint density at radius 2 is 1.17 bits per heavy atom. The lowest BCUT2D eigenvalue weighted by atomic mass is 9.88. The van der Waals surface area contributed by atoms with Crippen LogP contribution in [0.5, 0.6) is 0 Å². The number of benzene rings is 3. The zero-order valence-electron chi connectivity index (χ0n) is 15.0. The largest absolute Gasteiger partial charge is 0.416 e. The van der Waals surface area contributed by atoms with E-state index < -0.39 is 23.5 Å². The SMILES string of the molecule is FC(F)(F)c1cc(-c2cccc3c2-c2ccccc2CNC3)cc(C(F)(F)F)c1. The highest BCUT2D eigenvalue weighted by atomic mass is 19.4. The van der Waals surface area contributed by atoms with Gasteiger partial charge in [0.1, 0.15) is 0 Å². The summed E-state index contributed by atoms with van der Waals surface area (Å²) in [7, 11) is 0. The molecule has 3 aromatic rings. The molecule has 0 saturated carbocycles. The molecule has 0 bridgehead atoms. The van der Waals surface area contributed by atoms with Gasteiger partial charge in [0, 0.05) is 13.1 Å². The first-order chi connectivity index (χ1) is 13.6. The topological polar surface area (TPSA) is 12.0 Å². The van der Waals surface area contributed by atoms with Crippen LogP contribution in [0.1, 0.15) is 22.3 Å². The number of fused-ring (bicyclic) bond motifs is 3. The number of hydrogen-bond donors (Lipinski definition) is 1. The van der Waals surface area contributed by atoms with E-state index in [4.69, 9.17) is 0 Å². The van der Waals surface area contributed by atoms with Gasteiger partial charge in [-0.25, -0.2) is 0 Å². The molecule has 7 heteroatoms. The van der Waals surface area contributed by atoms with Gasteiger partial charge < -0.3 is 5.32 Å². The molecule has 3 aromatic carbocycles. The fourth-order valence-electron chi connectivity index (χ4n) is 3.67. The molecular formula is C22H15F6N. The summed E-state index contributed by atoms with van der Waals surface area (Å²) in [4.78, 5) is 0. The van der Waals surface area contributed by atoms with E-state index in [1.54, 1.807) is 18.2 Å². The van der Waals surface area contributed by atoms with Gasteiger partial charge in [0.05, 0.1) is 11.1 Å². The second-order valence-electron chi connectivity index (χ2n) is 6.89. The molecular weight excluding hydrogens is 392 g/mol. The normalized spacial score (nSPS) is 14.1. The van der Waals surface area contributed by atoms with Crippen LogP contribution in [0.3, 0.4) is 0 Å².